The summed E-state index contributed by atoms with van der Waals surface area (Å²) in [5.41, 5.74) is 8.15. The Morgan fingerprint density at radius 1 is 1.23 bits per heavy atom. The smallest absolute Gasteiger partial charge is 0.263 e. The first-order chi connectivity index (χ1) is 15.0. The molecule has 0 aromatic carbocycles. The Bertz CT molecular complexity index is 1110. The van der Waals surface area contributed by atoms with Gasteiger partial charge in [-0.15, -0.1) is 0 Å². The van der Waals surface area contributed by atoms with E-state index in [1.807, 2.05) is 24.9 Å². The van der Waals surface area contributed by atoms with Crippen LogP contribution < -0.4 is 16.2 Å². The summed E-state index contributed by atoms with van der Waals surface area (Å²) < 4.78 is 3.60. The lowest BCUT2D eigenvalue weighted by Gasteiger charge is -2.38. The molecule has 9 heteroatoms. The van der Waals surface area contributed by atoms with Crippen molar-refractivity contribution < 1.29 is 0 Å². The number of rotatable bonds is 3. The molecule has 0 aliphatic carbocycles. The van der Waals surface area contributed by atoms with Crippen LogP contribution in [0, 0.1) is 0 Å². The highest BCUT2D eigenvalue weighted by atomic mass is 16.1. The van der Waals surface area contributed by atoms with E-state index in [4.69, 9.17) is 10.8 Å². The van der Waals surface area contributed by atoms with E-state index in [0.29, 0.717) is 23.5 Å². The third kappa shape index (κ3) is 3.82. The highest BCUT2D eigenvalue weighted by molar-refractivity contribution is 5.97. The average Bonchev–Trinajstić information content (AvgIpc) is 3.47. The van der Waals surface area contributed by atoms with E-state index in [9.17, 15) is 4.79 Å². The maximum Gasteiger partial charge on any atom is 0.263 e. The first kappa shape index (κ1) is 21.4. The standard InChI is InChI=1S/C19H26N8O.C3H8/c1-3-25-11-13(17-16(19(25)28)18(20)22-21-17)14-9-15(24(2)23-14)27-8-7-26-6-4-5-12(26)10-27;1-3-2/h9,11-12H,3-8,10H2,1-2H3,(H3,20,21,22);3H2,1-2H3. The molecule has 168 valence electrons. The normalized spacial score (nSPS) is 18.8. The molecule has 2 fully saturated rings. The Balaban J connectivity index is 0.000000730. The molecule has 2 saturated heterocycles. The van der Waals surface area contributed by atoms with Gasteiger partial charge < -0.3 is 15.2 Å². The van der Waals surface area contributed by atoms with E-state index in [0.717, 1.165) is 36.7 Å². The fourth-order valence-electron chi connectivity index (χ4n) is 4.70. The van der Waals surface area contributed by atoms with Crippen LogP contribution in [0.5, 0.6) is 0 Å². The molecule has 0 spiro atoms. The van der Waals surface area contributed by atoms with Gasteiger partial charge in [-0.2, -0.15) is 10.2 Å². The zero-order valence-corrected chi connectivity index (χ0v) is 19.1. The Kier molecular flexibility index (Phi) is 6.04. The summed E-state index contributed by atoms with van der Waals surface area (Å²) >= 11 is 0. The fraction of sp³-hybridized carbons (Fsp3) is 0.591. The van der Waals surface area contributed by atoms with Crippen LogP contribution in [0.3, 0.4) is 0 Å². The largest absolute Gasteiger partial charge is 0.382 e. The molecule has 3 N–H and O–H groups in total. The second-order valence-corrected chi connectivity index (χ2v) is 8.49. The summed E-state index contributed by atoms with van der Waals surface area (Å²) in [6, 6.07) is 2.76. The lowest BCUT2D eigenvalue weighted by Crippen LogP contribution is -2.50. The summed E-state index contributed by atoms with van der Waals surface area (Å²) in [7, 11) is 1.98. The van der Waals surface area contributed by atoms with Crippen molar-refractivity contribution in [3.63, 3.8) is 0 Å². The number of anilines is 2. The maximum atomic E-state index is 12.6. The van der Waals surface area contributed by atoms with Crippen LogP contribution in [0.1, 0.15) is 40.0 Å². The number of nitrogens with two attached hydrogens (primary N) is 1. The van der Waals surface area contributed by atoms with E-state index in [1.165, 1.54) is 25.8 Å². The van der Waals surface area contributed by atoms with Gasteiger partial charge in [-0.25, -0.2) is 0 Å². The fourth-order valence-corrected chi connectivity index (χ4v) is 4.70. The molecule has 3 aromatic heterocycles. The van der Waals surface area contributed by atoms with Gasteiger partial charge in [0.1, 0.15) is 11.2 Å². The number of nitrogens with one attached hydrogen (secondary N) is 1. The predicted octanol–water partition coefficient (Wildman–Crippen LogP) is 2.43. The molecule has 0 radical (unpaired) electrons. The minimum atomic E-state index is -0.124. The van der Waals surface area contributed by atoms with Gasteiger partial charge in [0.2, 0.25) is 0 Å². The second-order valence-electron chi connectivity index (χ2n) is 8.49. The second kappa shape index (κ2) is 8.74. The number of H-pyrrole nitrogens is 1. The summed E-state index contributed by atoms with van der Waals surface area (Å²) in [5, 5.41) is 12.2. The number of hydrogen-bond acceptors (Lipinski definition) is 6. The zero-order chi connectivity index (χ0) is 22.1. The number of piperazine rings is 1. The first-order valence-corrected chi connectivity index (χ1v) is 11.4. The molecule has 0 saturated carbocycles. The van der Waals surface area contributed by atoms with Gasteiger partial charge in [0.25, 0.3) is 5.56 Å². The van der Waals surface area contributed by atoms with Gasteiger partial charge in [-0.1, -0.05) is 20.3 Å². The number of pyridine rings is 1. The molecule has 5 rings (SSSR count). The highest BCUT2D eigenvalue weighted by Crippen LogP contribution is 2.31. The summed E-state index contributed by atoms with van der Waals surface area (Å²) in [6.07, 6.45) is 5.67. The summed E-state index contributed by atoms with van der Waals surface area (Å²) in [6.45, 7) is 11.1. The number of aromatic nitrogens is 5. The molecule has 9 nitrogen and oxygen atoms in total. The van der Waals surface area contributed by atoms with E-state index < -0.39 is 0 Å². The van der Waals surface area contributed by atoms with E-state index >= 15 is 0 Å². The van der Waals surface area contributed by atoms with Crippen molar-refractivity contribution in [3.05, 3.63) is 22.6 Å². The average molecular weight is 427 g/mol. The molecule has 3 aromatic rings. The first-order valence-electron chi connectivity index (χ1n) is 11.4. The molecule has 2 aliphatic rings. The van der Waals surface area contributed by atoms with E-state index in [1.54, 1.807) is 4.57 Å². The zero-order valence-electron chi connectivity index (χ0n) is 19.1. The number of nitrogens with zero attached hydrogens (tertiary/aromatic N) is 6. The quantitative estimate of drug-likeness (QED) is 0.667. The minimum Gasteiger partial charge on any atom is -0.382 e. The van der Waals surface area contributed by atoms with Gasteiger partial charge in [-0.05, 0) is 26.3 Å². The Morgan fingerprint density at radius 2 is 2.00 bits per heavy atom. The SMILES string of the molecule is CCC.CCn1cc(-c2cc(N3CCN4CCCC4C3)n(C)n2)c2[nH]nc(N)c2c1=O. The summed E-state index contributed by atoms with van der Waals surface area (Å²) in [4.78, 5) is 17.7. The minimum absolute atomic E-state index is 0.124. The predicted molar refractivity (Wildman–Crippen MR) is 125 cm³/mol. The molecule has 0 bridgehead atoms. The number of fused-ring (bicyclic) bond motifs is 2. The molecule has 1 atom stereocenters. The van der Waals surface area contributed by atoms with Crippen molar-refractivity contribution in [1.82, 2.24) is 29.4 Å². The van der Waals surface area contributed by atoms with E-state index in [-0.39, 0.29) is 11.4 Å². The van der Waals surface area contributed by atoms with Gasteiger partial charge in [0.15, 0.2) is 5.82 Å². The summed E-state index contributed by atoms with van der Waals surface area (Å²) in [5.74, 6) is 1.34. The van der Waals surface area contributed by atoms with Crippen molar-refractivity contribution in [3.8, 4) is 11.3 Å². The molecular formula is C22H34N8O. The lowest BCUT2D eigenvalue weighted by atomic mass is 10.1. The highest BCUT2D eigenvalue weighted by Gasteiger charge is 2.32. The lowest BCUT2D eigenvalue weighted by molar-refractivity contribution is 0.229. The van der Waals surface area contributed by atoms with Crippen LogP contribution in [0.15, 0.2) is 17.1 Å². The van der Waals surface area contributed by atoms with Crippen LogP contribution in [0.25, 0.3) is 22.2 Å². The Morgan fingerprint density at radius 3 is 2.74 bits per heavy atom. The Labute approximate surface area is 182 Å². The van der Waals surface area contributed by atoms with Crippen LogP contribution >= 0.6 is 0 Å². The van der Waals surface area contributed by atoms with Gasteiger partial charge in [0.05, 0.1) is 11.2 Å². The number of hydrogen-bond donors (Lipinski definition) is 2. The van der Waals surface area contributed by atoms with Crippen molar-refractivity contribution >= 4 is 22.5 Å². The number of aromatic amines is 1. The van der Waals surface area contributed by atoms with Gasteiger partial charge >= 0.3 is 0 Å². The topological polar surface area (TPSA) is 101 Å². The van der Waals surface area contributed by atoms with Crippen molar-refractivity contribution in [2.75, 3.05) is 36.8 Å². The van der Waals surface area contributed by atoms with Crippen LogP contribution in [0.2, 0.25) is 0 Å². The van der Waals surface area contributed by atoms with Gasteiger partial charge in [0, 0.05) is 57.1 Å². The molecular weight excluding hydrogens is 392 g/mol. The van der Waals surface area contributed by atoms with Crippen molar-refractivity contribution in [2.45, 2.75) is 52.6 Å². The third-order valence-electron chi connectivity index (χ3n) is 6.21. The van der Waals surface area contributed by atoms with Crippen molar-refractivity contribution in [2.24, 2.45) is 7.05 Å². The van der Waals surface area contributed by atoms with Crippen molar-refractivity contribution in [1.29, 1.82) is 0 Å². The van der Waals surface area contributed by atoms with E-state index in [2.05, 4.69) is 39.9 Å². The molecule has 0 amide bonds. The van der Waals surface area contributed by atoms with Crippen LogP contribution in [-0.2, 0) is 13.6 Å². The Hall–Kier alpha value is -2.81. The molecule has 1 unspecified atom stereocenters. The monoisotopic (exact) mass is 426 g/mol. The molecule has 31 heavy (non-hydrogen) atoms. The van der Waals surface area contributed by atoms with Crippen LogP contribution in [-0.4, -0.2) is 61.7 Å². The maximum absolute atomic E-state index is 12.6. The molecule has 2 aliphatic heterocycles. The number of aryl methyl sites for hydroxylation is 2. The molecule has 5 heterocycles. The third-order valence-corrected chi connectivity index (χ3v) is 6.21. The number of nitrogen functional groups attached to an aromatic ring is 1. The van der Waals surface area contributed by atoms with Crippen LogP contribution in [0.4, 0.5) is 11.6 Å². The van der Waals surface area contributed by atoms with Gasteiger partial charge in [-0.3, -0.25) is 19.5 Å².